The maximum atomic E-state index is 4.33. The van der Waals surface area contributed by atoms with Gasteiger partial charge in [0.2, 0.25) is 0 Å². The molecule has 1 unspecified atom stereocenters. The van der Waals surface area contributed by atoms with Crippen LogP contribution < -0.4 is 5.32 Å². The number of nitrogens with one attached hydrogen (secondary N) is 1. The van der Waals surface area contributed by atoms with Crippen LogP contribution in [0.15, 0.2) is 18.3 Å². The molecule has 17 heavy (non-hydrogen) atoms. The van der Waals surface area contributed by atoms with Crippen molar-refractivity contribution in [3.63, 3.8) is 0 Å². The molecule has 1 atom stereocenters. The summed E-state index contributed by atoms with van der Waals surface area (Å²) in [5.74, 6) is 1.67. The molecule has 0 saturated carbocycles. The van der Waals surface area contributed by atoms with E-state index in [9.17, 15) is 0 Å². The van der Waals surface area contributed by atoms with Crippen LogP contribution in [0.25, 0.3) is 0 Å². The van der Waals surface area contributed by atoms with Gasteiger partial charge in [-0.2, -0.15) is 0 Å². The third-order valence-corrected chi connectivity index (χ3v) is 3.08. The fraction of sp³-hybridized carbons (Fsp3) is 0.643. The molecular weight excluding hydrogens is 210 g/mol. The van der Waals surface area contributed by atoms with E-state index in [-0.39, 0.29) is 0 Å². The van der Waals surface area contributed by atoms with Gasteiger partial charge < -0.3 is 5.32 Å². The largest absolute Gasteiger partial charge is 0.373 e. The molecule has 0 aliphatic heterocycles. The molecule has 3 heteroatoms. The van der Waals surface area contributed by atoms with Gasteiger partial charge in [-0.3, -0.25) is 4.90 Å². The summed E-state index contributed by atoms with van der Waals surface area (Å²) in [6, 6.07) is 4.77. The van der Waals surface area contributed by atoms with Crippen LogP contribution in [0.3, 0.4) is 0 Å². The molecule has 1 aromatic heterocycles. The van der Waals surface area contributed by atoms with Crippen molar-refractivity contribution in [3.8, 4) is 0 Å². The zero-order valence-corrected chi connectivity index (χ0v) is 11.7. The van der Waals surface area contributed by atoms with Gasteiger partial charge in [0.15, 0.2) is 0 Å². The predicted octanol–water partition coefficient (Wildman–Crippen LogP) is 2.99. The average Bonchev–Trinajstić information content (AvgIpc) is 2.29. The lowest BCUT2D eigenvalue weighted by molar-refractivity contribution is 0.220. The van der Waals surface area contributed by atoms with Crippen molar-refractivity contribution in [1.82, 2.24) is 9.88 Å². The van der Waals surface area contributed by atoms with Crippen molar-refractivity contribution in [2.45, 2.75) is 39.8 Å². The van der Waals surface area contributed by atoms with Gasteiger partial charge in [0.05, 0.1) is 0 Å². The van der Waals surface area contributed by atoms with Gasteiger partial charge in [-0.15, -0.1) is 0 Å². The number of pyridine rings is 1. The van der Waals surface area contributed by atoms with E-state index in [1.165, 1.54) is 12.0 Å². The summed E-state index contributed by atoms with van der Waals surface area (Å²) in [6.45, 7) is 7.79. The Morgan fingerprint density at radius 2 is 2.00 bits per heavy atom. The molecule has 3 nitrogen and oxygen atoms in total. The Bertz CT molecular complexity index is 319. The minimum absolute atomic E-state index is 0.610. The second-order valence-electron chi connectivity index (χ2n) is 5.20. The first kappa shape index (κ1) is 14.0. The Morgan fingerprint density at radius 1 is 1.29 bits per heavy atom. The predicted molar refractivity (Wildman–Crippen MR) is 74.2 cm³/mol. The number of anilines is 1. The van der Waals surface area contributed by atoms with Crippen LogP contribution >= 0.6 is 0 Å². The fourth-order valence-electron chi connectivity index (χ4n) is 1.97. The molecule has 0 aliphatic carbocycles. The Balaban J connectivity index is 2.51. The number of rotatable bonds is 6. The summed E-state index contributed by atoms with van der Waals surface area (Å²) in [6.07, 6.45) is 3.18. The number of hydrogen-bond acceptors (Lipinski definition) is 3. The van der Waals surface area contributed by atoms with Crippen LogP contribution in [0.1, 0.15) is 32.8 Å². The van der Waals surface area contributed by atoms with E-state index < -0.39 is 0 Å². The standard InChI is InChI=1S/C14H25N3/c1-11(2)8-12(3)17(5)10-13-6-7-14(15-4)16-9-13/h6-7,9,11-12H,8,10H2,1-5H3,(H,15,16). The van der Waals surface area contributed by atoms with E-state index in [1.807, 2.05) is 19.3 Å². The maximum Gasteiger partial charge on any atom is 0.125 e. The lowest BCUT2D eigenvalue weighted by Gasteiger charge is -2.26. The normalized spacial score (nSPS) is 13.1. The topological polar surface area (TPSA) is 28.2 Å². The van der Waals surface area contributed by atoms with Crippen LogP contribution in [0.4, 0.5) is 5.82 Å². The Labute approximate surface area is 105 Å². The molecule has 1 rings (SSSR count). The molecule has 1 heterocycles. The van der Waals surface area contributed by atoms with Crippen LogP contribution in [-0.4, -0.2) is 30.0 Å². The van der Waals surface area contributed by atoms with Crippen molar-refractivity contribution in [3.05, 3.63) is 23.9 Å². The highest BCUT2D eigenvalue weighted by Crippen LogP contribution is 2.13. The molecule has 1 N–H and O–H groups in total. The number of hydrogen-bond donors (Lipinski definition) is 1. The van der Waals surface area contributed by atoms with Gasteiger partial charge in [-0.05, 0) is 37.9 Å². The van der Waals surface area contributed by atoms with Gasteiger partial charge in [-0.25, -0.2) is 4.98 Å². The van der Waals surface area contributed by atoms with E-state index in [2.05, 4.69) is 49.1 Å². The maximum absolute atomic E-state index is 4.33. The van der Waals surface area contributed by atoms with E-state index in [0.29, 0.717) is 6.04 Å². The molecule has 0 radical (unpaired) electrons. The van der Waals surface area contributed by atoms with Crippen molar-refractivity contribution in [1.29, 1.82) is 0 Å². The third-order valence-electron chi connectivity index (χ3n) is 3.08. The van der Waals surface area contributed by atoms with Crippen LogP contribution in [0.2, 0.25) is 0 Å². The van der Waals surface area contributed by atoms with Crippen molar-refractivity contribution in [2.75, 3.05) is 19.4 Å². The first-order valence-corrected chi connectivity index (χ1v) is 6.35. The minimum Gasteiger partial charge on any atom is -0.373 e. The zero-order chi connectivity index (χ0) is 12.8. The Kier molecular flexibility index (Phi) is 5.42. The molecular formula is C14H25N3. The highest BCUT2D eigenvalue weighted by Gasteiger charge is 2.11. The van der Waals surface area contributed by atoms with Crippen molar-refractivity contribution >= 4 is 5.82 Å². The second kappa shape index (κ2) is 6.60. The molecule has 0 aliphatic rings. The second-order valence-corrected chi connectivity index (χ2v) is 5.20. The van der Waals surface area contributed by atoms with E-state index in [4.69, 9.17) is 0 Å². The lowest BCUT2D eigenvalue weighted by Crippen LogP contribution is -2.29. The summed E-state index contributed by atoms with van der Waals surface area (Å²) in [7, 11) is 4.07. The van der Waals surface area contributed by atoms with Crippen LogP contribution in [-0.2, 0) is 6.54 Å². The molecule has 0 spiro atoms. The summed E-state index contributed by atoms with van der Waals surface area (Å²) >= 11 is 0. The lowest BCUT2D eigenvalue weighted by atomic mass is 10.0. The van der Waals surface area contributed by atoms with Crippen LogP contribution in [0, 0.1) is 5.92 Å². The zero-order valence-electron chi connectivity index (χ0n) is 11.7. The summed E-state index contributed by atoms with van der Waals surface area (Å²) in [5, 5.41) is 3.03. The first-order valence-electron chi connectivity index (χ1n) is 6.35. The highest BCUT2D eigenvalue weighted by atomic mass is 15.1. The first-order chi connectivity index (χ1) is 8.02. The summed E-state index contributed by atoms with van der Waals surface area (Å²) in [5.41, 5.74) is 1.27. The molecule has 0 saturated heterocycles. The van der Waals surface area contributed by atoms with Gasteiger partial charge in [0.25, 0.3) is 0 Å². The van der Waals surface area contributed by atoms with Gasteiger partial charge in [0, 0.05) is 25.8 Å². The smallest absolute Gasteiger partial charge is 0.125 e. The molecule has 1 aromatic rings. The van der Waals surface area contributed by atoms with Crippen molar-refractivity contribution < 1.29 is 0 Å². The fourth-order valence-corrected chi connectivity index (χ4v) is 1.97. The van der Waals surface area contributed by atoms with Gasteiger partial charge in [-0.1, -0.05) is 19.9 Å². The van der Waals surface area contributed by atoms with Gasteiger partial charge >= 0.3 is 0 Å². The van der Waals surface area contributed by atoms with E-state index in [1.54, 1.807) is 0 Å². The molecule has 0 aromatic carbocycles. The Hall–Kier alpha value is -1.09. The van der Waals surface area contributed by atoms with E-state index in [0.717, 1.165) is 18.3 Å². The average molecular weight is 235 g/mol. The van der Waals surface area contributed by atoms with Crippen molar-refractivity contribution in [2.24, 2.45) is 5.92 Å². The van der Waals surface area contributed by atoms with Crippen LogP contribution in [0.5, 0.6) is 0 Å². The minimum atomic E-state index is 0.610. The summed E-state index contributed by atoms with van der Waals surface area (Å²) < 4.78 is 0. The SMILES string of the molecule is CNc1ccc(CN(C)C(C)CC(C)C)cn1. The molecule has 0 bridgehead atoms. The number of nitrogens with zero attached hydrogens (tertiary/aromatic N) is 2. The number of aromatic nitrogens is 1. The Morgan fingerprint density at radius 3 is 2.47 bits per heavy atom. The monoisotopic (exact) mass is 235 g/mol. The molecule has 96 valence electrons. The summed E-state index contributed by atoms with van der Waals surface area (Å²) in [4.78, 5) is 6.72. The third kappa shape index (κ3) is 4.73. The molecule has 0 amide bonds. The molecule has 0 fully saturated rings. The quantitative estimate of drug-likeness (QED) is 0.821. The van der Waals surface area contributed by atoms with Gasteiger partial charge in [0.1, 0.15) is 5.82 Å². The van der Waals surface area contributed by atoms with E-state index >= 15 is 0 Å². The highest BCUT2D eigenvalue weighted by molar-refractivity contribution is 5.34.